The van der Waals surface area contributed by atoms with E-state index in [0.29, 0.717) is 96.5 Å². The highest BCUT2D eigenvalue weighted by Gasteiger charge is 2.72. The summed E-state index contributed by atoms with van der Waals surface area (Å²) < 4.78 is 222. The Labute approximate surface area is 808 Å². The van der Waals surface area contributed by atoms with Gasteiger partial charge in [-0.3, -0.25) is 55.5 Å². The fraction of sp³-hybridized carbons (Fsp3) is 0.690. The van der Waals surface area contributed by atoms with Gasteiger partial charge in [-0.05, 0) is 182 Å². The van der Waals surface area contributed by atoms with Crippen LogP contribution in [0.5, 0.6) is 0 Å². The van der Waals surface area contributed by atoms with Crippen LogP contribution in [0, 0.1) is 22.2 Å². The average molecular weight is 2130 g/mol. The molecule has 17 rings (SSSR count). The van der Waals surface area contributed by atoms with E-state index in [-0.39, 0.29) is 168 Å². The second kappa shape index (κ2) is 47.7. The Morgan fingerprint density at radius 1 is 0.584 bits per heavy atom. The van der Waals surface area contributed by atoms with Gasteiger partial charge in [-0.1, -0.05) is 47.2 Å². The maximum Gasteiger partial charge on any atom is 0.410 e. The molecule has 5 aromatic rings. The zero-order valence-corrected chi connectivity index (χ0v) is 81.6. The van der Waals surface area contributed by atoms with Gasteiger partial charge < -0.3 is 64.9 Å². The normalized spacial score (nSPS) is 19.9. The minimum absolute atomic E-state index is 0. The third-order valence-electron chi connectivity index (χ3n) is 23.8. The molecule has 3 saturated heterocycles. The van der Waals surface area contributed by atoms with Crippen molar-refractivity contribution >= 4 is 106 Å². The minimum atomic E-state index is -4.65. The molecule has 0 spiro atoms. The molecule has 0 radical (unpaired) electrons. The number of ketones is 3. The predicted molar refractivity (Wildman–Crippen MR) is 480 cm³/mol. The second-order valence-corrected chi connectivity index (χ2v) is 38.0. The predicted octanol–water partition coefficient (Wildman–Crippen LogP) is 16.5. The van der Waals surface area contributed by atoms with Crippen LogP contribution in [0.1, 0.15) is 242 Å². The molecule has 1 atom stereocenters. The van der Waals surface area contributed by atoms with Gasteiger partial charge in [0.1, 0.15) is 56.4 Å². The number of ether oxygens (including phenoxy) is 4. The number of imidazole rings is 1. The highest BCUT2D eigenvalue weighted by Crippen LogP contribution is 2.63. The minimum Gasteiger partial charge on any atom is -0.481 e. The number of nitrogens with one attached hydrogen (secondary N) is 5. The lowest BCUT2D eigenvalue weighted by atomic mass is 9.83. The maximum absolute atomic E-state index is 13.5. The summed E-state index contributed by atoms with van der Waals surface area (Å²) in [6.07, 6.45) is -12.3. The summed E-state index contributed by atoms with van der Waals surface area (Å²) in [5.74, 6) is 3.59. The summed E-state index contributed by atoms with van der Waals surface area (Å²) >= 11 is 7.86. The lowest BCUT2D eigenvalue weighted by Gasteiger charge is -2.34. The van der Waals surface area contributed by atoms with Crippen molar-refractivity contribution in [2.45, 2.75) is 288 Å². The molecule has 32 nitrogen and oxygen atoms in total. The van der Waals surface area contributed by atoms with Gasteiger partial charge >= 0.3 is 61.2 Å². The Bertz CT molecular complexity index is 4860. The number of benzene rings is 1. The number of nitrogens with zero attached hydrogens (tertiary/aromatic N) is 9. The molecule has 9 fully saturated rings. The molecule has 13 N–H and O–H groups in total. The van der Waals surface area contributed by atoms with Crippen LogP contribution in [-0.4, -0.2) is 247 Å². The Morgan fingerprint density at radius 3 is 1.34 bits per heavy atom. The molecule has 4 aromatic heterocycles. The molecule has 6 aliphatic carbocycles. The fourth-order valence-corrected chi connectivity index (χ4v) is 15.2. The summed E-state index contributed by atoms with van der Waals surface area (Å²) in [5.41, 5.74) is -7.27. The number of carbonyl (C=O) groups excluding carboxylic acids is 8. The number of hydrazine groups is 1. The topological polar surface area (TPSA) is 455 Å². The number of carboxylic acid groups (broad SMARTS) is 1. The number of rotatable bonds is 8. The molecular formula is C87H124Cl2F15IN16O16. The van der Waals surface area contributed by atoms with Crippen LogP contribution in [0.3, 0.4) is 0 Å². The molecule has 1 aromatic carbocycles. The number of aromatic amines is 3. The number of halogens is 18. The number of likely N-dealkylation sites (tertiary alicyclic amines) is 2. The van der Waals surface area contributed by atoms with Crippen LogP contribution in [0.15, 0.2) is 43.0 Å². The van der Waals surface area contributed by atoms with Gasteiger partial charge in [-0.25, -0.2) is 24.2 Å². The standard InChI is InChI=1S/C17H16ClF3N4O.C15H20F3N3O2.C15H20F3NO4.C10H12F3N3.C10H17NO3.C8H10N2O.C5H5F3O2.C4H8O.C2H6O.CH3I.ClH.H4N2.H2O/c18-10-2-1-3-11(8-10)22-15(26)25-7-4-13-12(9-25)14(24-23-13)16(5-6-16)17(19,20)21;1-13(2,3)23-12(22)21-7-4-10-9(8-21)11(20-19-10)14(5-6-14)15(16,17)18;1-13(2,3)23-12(22)19-7-4-10(20)9(8-19)11(21)14(5-6-14)15(16,17)18;11-10(12,13)9(2-3-9)8-6-5-14-4-1-7(6)15-16-8;1-10(2,3)14-9(13)11-6-4-8(12)5-7-11;1-8(2-3-8)7(11)10-5-4-9-6-10;6-5(7,8)4(1-2-4)3(9)10;1-2-4-5-3-1;1-2-3;1-2;;1-2;/h1-3,8H,4-7,9H2,(H,22,26)(H,23,24);4-8H2,1-3H3,(H,19,20);9H,4-8H2,1-3H3;14H,1-5H2,(H,15,16);4-7H2,1-3H3;4-6H,2-3H2,1H3;1-2H2,(H,9,10);1-4H2;3H,2H2,1H3;1H3;1H;1-2H2;1H2/i;;;;;;;;;1D;;;. The van der Waals surface area contributed by atoms with Gasteiger partial charge in [0.05, 0.1) is 36.1 Å². The highest BCUT2D eigenvalue weighted by atomic mass is 127. The number of amides is 5. The lowest BCUT2D eigenvalue weighted by Crippen LogP contribution is -2.51. The first-order valence-electron chi connectivity index (χ1n) is 44.5. The summed E-state index contributed by atoms with van der Waals surface area (Å²) in [5, 5.41) is 42.0. The van der Waals surface area contributed by atoms with Crippen LogP contribution < -0.4 is 22.3 Å². The molecule has 0 bridgehead atoms. The van der Waals surface area contributed by atoms with E-state index in [1.807, 2.05) is 50.3 Å². The van der Waals surface area contributed by atoms with E-state index in [2.05, 4.69) is 57.9 Å². The van der Waals surface area contributed by atoms with Crippen LogP contribution in [-0.2, 0) is 93.3 Å². The first-order chi connectivity index (χ1) is 63.1. The number of Topliss-reactive ketones (excluding diaryl/α,β-unsaturated/α-hetero) is 3. The summed E-state index contributed by atoms with van der Waals surface area (Å²) in [6, 6.07) is 6.34. The average Bonchev–Trinajstić information content (AvgIpc) is 1.55. The lowest BCUT2D eigenvalue weighted by molar-refractivity contribution is -0.203. The van der Waals surface area contributed by atoms with E-state index >= 15 is 0 Å². The molecule has 5 amide bonds. The molecule has 6 aliphatic heterocycles. The number of aliphatic hydroxyl groups excluding tert-OH is 1. The van der Waals surface area contributed by atoms with Crippen molar-refractivity contribution in [2.24, 2.45) is 33.8 Å². The quantitative estimate of drug-likeness (QED) is 0.0132. The number of alkyl halides is 16. The van der Waals surface area contributed by atoms with Gasteiger partial charge in [0.25, 0.3) is 0 Å². The number of urea groups is 1. The number of piperidine rings is 2. The number of anilines is 1. The summed E-state index contributed by atoms with van der Waals surface area (Å²) in [4.78, 5) is 115. The maximum atomic E-state index is 13.5. The Kier molecular flexibility index (Phi) is 40.8. The number of nitrogens with two attached hydrogens (primary N) is 2. The Morgan fingerprint density at radius 2 is 0.978 bits per heavy atom. The second-order valence-electron chi connectivity index (χ2n) is 37.5. The van der Waals surface area contributed by atoms with Gasteiger partial charge in [0.2, 0.25) is 5.91 Å². The molecular weight excluding hydrogens is 2010 g/mol. The van der Waals surface area contributed by atoms with Crippen molar-refractivity contribution in [3.63, 3.8) is 0 Å². The Balaban J connectivity index is 0.000000282. The number of aromatic nitrogens is 8. The molecule has 12 aliphatic rings. The molecule has 774 valence electrons. The van der Waals surface area contributed by atoms with Crippen molar-refractivity contribution in [1.82, 2.24) is 65.1 Å². The number of hydrogen-bond donors (Lipinski definition) is 9. The van der Waals surface area contributed by atoms with Crippen LogP contribution >= 0.6 is 46.6 Å². The van der Waals surface area contributed by atoms with Crippen molar-refractivity contribution < 1.29 is 145 Å². The number of aliphatic carboxylic acids is 1. The van der Waals surface area contributed by atoms with Crippen LogP contribution in [0.4, 0.5) is 90.7 Å². The van der Waals surface area contributed by atoms with Crippen molar-refractivity contribution in [3.05, 3.63) is 98.9 Å². The number of carbonyl (C=O) groups is 9. The number of H-pyrrole nitrogens is 3. The first kappa shape index (κ1) is 117. The third kappa shape index (κ3) is 30.9. The van der Waals surface area contributed by atoms with Gasteiger partial charge in [-0.2, -0.15) is 81.2 Å². The number of fused-ring (bicyclic) bond motifs is 3. The molecule has 6 saturated carbocycles. The summed E-state index contributed by atoms with van der Waals surface area (Å²) in [6.45, 7) is 24.7. The number of aliphatic hydroxyl groups is 1. The van der Waals surface area contributed by atoms with Crippen LogP contribution in [0.25, 0.3) is 0 Å². The zero-order chi connectivity index (χ0) is 102. The number of carboxylic acids is 1. The Hall–Kier alpha value is -8.69. The SMILES string of the molecule is C1CCOC1.CC(C)(C)OC(=O)N1CCC(=O)C(C(=O)C2(C(F)(F)F)CC2)C1.CC(C)(C)OC(=O)N1CCC(=O)CC1.CC(C)(C)OC(=O)N1CCc2[nH]nc(C3(C(F)(F)F)CC3)c2C1.CC1(C(=O)n2ccnc2)CC1.CCO.Cl.FC(F)(F)C1(c2n[nH]c3c2CNCC3)CC1.NN.O.O=C(Nc1cccc(Cl)c1)N1CCc2[nH]nc(C3(C(F)(F)F)CC3)c2C1.O=C(O)C1(C(F)(F)F)CC1.[2H]CI. The monoisotopic (exact) mass is 2130 g/mol. The zero-order valence-electron chi connectivity index (χ0n) is 78.9. The van der Waals surface area contributed by atoms with E-state index in [0.717, 1.165) is 55.2 Å². The summed E-state index contributed by atoms with van der Waals surface area (Å²) in [7, 11) is 0. The molecule has 10 heterocycles. The molecule has 137 heavy (non-hydrogen) atoms. The van der Waals surface area contributed by atoms with E-state index in [9.17, 15) is 109 Å². The van der Waals surface area contributed by atoms with Crippen molar-refractivity contribution in [1.29, 1.82) is 0 Å². The van der Waals surface area contributed by atoms with E-state index < -0.39 is 110 Å². The number of hydrogen-bond acceptors (Lipinski definition) is 21. The highest BCUT2D eigenvalue weighted by molar-refractivity contribution is 14.1. The molecule has 1 unspecified atom stereocenters. The smallest absolute Gasteiger partial charge is 0.410 e. The van der Waals surface area contributed by atoms with Gasteiger partial charge in [-0.15, -0.1) is 12.4 Å². The van der Waals surface area contributed by atoms with Crippen molar-refractivity contribution in [3.8, 4) is 0 Å². The van der Waals surface area contributed by atoms with Gasteiger partial charge in [0.15, 0.2) is 11.2 Å². The largest absolute Gasteiger partial charge is 0.481 e. The van der Waals surface area contributed by atoms with E-state index in [1.54, 1.807) is 101 Å². The van der Waals surface area contributed by atoms with E-state index in [1.165, 1.54) is 22.6 Å². The van der Waals surface area contributed by atoms with Crippen LogP contribution in [0.2, 0.25) is 5.02 Å². The molecule has 50 heteroatoms. The van der Waals surface area contributed by atoms with Crippen molar-refractivity contribution in [2.75, 3.05) is 75.9 Å². The first-order valence-corrected chi connectivity index (χ1v) is 45.7. The third-order valence-corrected chi connectivity index (χ3v) is 24.1. The fourth-order valence-electron chi connectivity index (χ4n) is 15.1. The van der Waals surface area contributed by atoms with Gasteiger partial charge in [0, 0.05) is 174 Å². The van der Waals surface area contributed by atoms with E-state index in [4.69, 9.17) is 42.1 Å².